The Kier molecular flexibility index (Phi) is 10.4. The Morgan fingerprint density at radius 1 is 1.30 bits per heavy atom. The Labute approximate surface area is 139 Å². The van der Waals surface area contributed by atoms with Crippen LogP contribution in [0.1, 0.15) is 63.0 Å². The van der Waals surface area contributed by atoms with Gasteiger partial charge >= 0.3 is 0 Å². The Bertz CT molecular complexity index is 490. The summed E-state index contributed by atoms with van der Waals surface area (Å²) >= 11 is 0. The summed E-state index contributed by atoms with van der Waals surface area (Å²) in [6.07, 6.45) is 0.728. The van der Waals surface area contributed by atoms with E-state index >= 15 is 0 Å². The third-order valence-electron chi connectivity index (χ3n) is 3.35. The van der Waals surface area contributed by atoms with Crippen LogP contribution in [0.3, 0.4) is 0 Å². The first kappa shape index (κ1) is 21.5. The van der Waals surface area contributed by atoms with E-state index in [4.69, 9.17) is 5.21 Å². The average molecular weight is 326 g/mol. The first-order valence-corrected chi connectivity index (χ1v) is 8.49. The van der Waals surface area contributed by atoms with Gasteiger partial charge in [-0.1, -0.05) is 41.5 Å². The van der Waals surface area contributed by atoms with E-state index < -0.39 is 5.91 Å². The number of carbonyl (C=O) groups is 1. The smallest absolute Gasteiger partial charge is 0.274 e. The molecule has 1 aromatic rings. The van der Waals surface area contributed by atoms with Gasteiger partial charge in [-0.2, -0.15) is 0 Å². The first-order chi connectivity index (χ1) is 11.0. The summed E-state index contributed by atoms with van der Waals surface area (Å²) in [6.45, 7) is 14.7. The number of fused-ring (bicyclic) bond motifs is 1. The molecule has 1 aromatic carbocycles. The van der Waals surface area contributed by atoms with Crippen LogP contribution in [-0.2, 0) is 13.0 Å². The lowest BCUT2D eigenvalue weighted by atomic mass is 9.96. The fourth-order valence-corrected chi connectivity index (χ4v) is 2.54. The van der Waals surface area contributed by atoms with Crippen LogP contribution in [0, 0.1) is 11.7 Å². The highest BCUT2D eigenvalue weighted by atomic mass is 19.1. The zero-order valence-corrected chi connectivity index (χ0v) is 15.2. The minimum Gasteiger partial charge on any atom is -0.298 e. The van der Waals surface area contributed by atoms with Crippen molar-refractivity contribution in [3.63, 3.8) is 0 Å². The Morgan fingerprint density at radius 2 is 1.91 bits per heavy atom. The summed E-state index contributed by atoms with van der Waals surface area (Å²) in [5.41, 5.74) is 3.22. The number of benzene rings is 1. The van der Waals surface area contributed by atoms with Crippen molar-refractivity contribution in [2.75, 3.05) is 13.1 Å². The predicted molar refractivity (Wildman–Crippen MR) is 92.2 cm³/mol. The number of carbonyl (C=O) groups excluding carboxylic acids is 1. The van der Waals surface area contributed by atoms with Gasteiger partial charge in [-0.25, -0.2) is 9.87 Å². The Morgan fingerprint density at radius 3 is 2.43 bits per heavy atom. The maximum atomic E-state index is 14.1. The molecule has 0 aromatic heterocycles. The van der Waals surface area contributed by atoms with Gasteiger partial charge in [0.2, 0.25) is 0 Å². The molecule has 2 rings (SSSR count). The molecule has 1 amide bonds. The first-order valence-electron chi connectivity index (χ1n) is 8.49. The quantitative estimate of drug-likeness (QED) is 0.652. The van der Waals surface area contributed by atoms with E-state index in [1.54, 1.807) is 6.07 Å². The number of nitrogens with zero attached hydrogens (tertiary/aromatic N) is 1. The summed E-state index contributed by atoms with van der Waals surface area (Å²) < 4.78 is 14.1. The van der Waals surface area contributed by atoms with Crippen molar-refractivity contribution in [3.05, 3.63) is 34.6 Å². The normalized spacial score (nSPS) is 13.3. The van der Waals surface area contributed by atoms with Crippen LogP contribution >= 0.6 is 0 Å². The minimum absolute atomic E-state index is 0.163. The van der Waals surface area contributed by atoms with E-state index in [1.165, 1.54) is 11.5 Å². The number of nitrogens with one attached hydrogen (secondary N) is 1. The Hall–Kier alpha value is -1.46. The monoisotopic (exact) mass is 326 g/mol. The van der Waals surface area contributed by atoms with Crippen LogP contribution in [0.15, 0.2) is 12.1 Å². The topological polar surface area (TPSA) is 52.6 Å². The van der Waals surface area contributed by atoms with E-state index in [-0.39, 0.29) is 11.4 Å². The highest BCUT2D eigenvalue weighted by molar-refractivity contribution is 5.93. The highest BCUT2D eigenvalue weighted by Gasteiger charge is 2.22. The number of amides is 1. The SMILES string of the molecule is CC.CC.CC(C)CN1CCc2cc(C(=O)NO)cc(F)c2C1. The lowest BCUT2D eigenvalue weighted by Gasteiger charge is -2.30. The summed E-state index contributed by atoms with van der Waals surface area (Å²) in [5.74, 6) is -0.500. The Balaban J connectivity index is 0.00000112. The molecule has 23 heavy (non-hydrogen) atoms. The van der Waals surface area contributed by atoms with E-state index in [1.807, 2.05) is 27.7 Å². The molecule has 0 radical (unpaired) electrons. The number of rotatable bonds is 3. The zero-order valence-electron chi connectivity index (χ0n) is 15.2. The zero-order chi connectivity index (χ0) is 18.0. The van der Waals surface area contributed by atoms with E-state index in [0.29, 0.717) is 18.0 Å². The van der Waals surface area contributed by atoms with Crippen molar-refractivity contribution < 1.29 is 14.4 Å². The molecule has 2 N–H and O–H groups in total. The summed E-state index contributed by atoms with van der Waals surface area (Å²) in [6, 6.07) is 2.85. The molecule has 0 bridgehead atoms. The van der Waals surface area contributed by atoms with Gasteiger partial charge in [-0.15, -0.1) is 0 Å². The van der Waals surface area contributed by atoms with Gasteiger partial charge in [0.1, 0.15) is 5.82 Å². The fraction of sp³-hybridized carbons (Fsp3) is 0.611. The van der Waals surface area contributed by atoms with Gasteiger partial charge in [-0.3, -0.25) is 14.9 Å². The van der Waals surface area contributed by atoms with Crippen molar-refractivity contribution in [2.45, 2.75) is 54.5 Å². The third kappa shape index (κ3) is 6.28. The highest BCUT2D eigenvalue weighted by Crippen LogP contribution is 2.24. The van der Waals surface area contributed by atoms with Gasteiger partial charge in [-0.05, 0) is 30.0 Å². The standard InChI is InChI=1S/C14H19FN2O2.2C2H6/c1-9(2)7-17-4-3-10-5-11(14(18)16-19)6-13(15)12(10)8-17;2*1-2/h5-6,9,19H,3-4,7-8H2,1-2H3,(H,16,18);2*1-2H3. The van der Waals surface area contributed by atoms with E-state index in [9.17, 15) is 9.18 Å². The van der Waals surface area contributed by atoms with Gasteiger partial charge < -0.3 is 0 Å². The molecule has 0 fully saturated rings. The number of hydrogen-bond acceptors (Lipinski definition) is 3. The van der Waals surface area contributed by atoms with Crippen molar-refractivity contribution in [2.24, 2.45) is 5.92 Å². The lowest BCUT2D eigenvalue weighted by Crippen LogP contribution is -2.34. The van der Waals surface area contributed by atoms with Gasteiger partial charge in [0, 0.05) is 30.8 Å². The fourth-order valence-electron chi connectivity index (χ4n) is 2.54. The van der Waals surface area contributed by atoms with Crippen molar-refractivity contribution >= 4 is 5.91 Å². The molecule has 0 saturated heterocycles. The summed E-state index contributed by atoms with van der Waals surface area (Å²) in [7, 11) is 0. The summed E-state index contributed by atoms with van der Waals surface area (Å²) in [5, 5.41) is 8.59. The molecular formula is C18H31FN2O2. The second-order valence-corrected chi connectivity index (χ2v) is 5.42. The van der Waals surface area contributed by atoms with Crippen molar-refractivity contribution in [1.29, 1.82) is 0 Å². The molecule has 4 nitrogen and oxygen atoms in total. The van der Waals surface area contributed by atoms with Crippen LogP contribution in [0.25, 0.3) is 0 Å². The second-order valence-electron chi connectivity index (χ2n) is 5.42. The molecular weight excluding hydrogens is 295 g/mol. The maximum absolute atomic E-state index is 14.1. The van der Waals surface area contributed by atoms with E-state index in [2.05, 4.69) is 18.7 Å². The van der Waals surface area contributed by atoms with Crippen molar-refractivity contribution in [1.82, 2.24) is 10.4 Å². The predicted octanol–water partition coefficient (Wildman–Crippen LogP) is 4.01. The van der Waals surface area contributed by atoms with Crippen LogP contribution in [0.4, 0.5) is 4.39 Å². The van der Waals surface area contributed by atoms with Crippen LogP contribution in [0.5, 0.6) is 0 Å². The average Bonchev–Trinajstić information content (AvgIpc) is 2.57. The number of halogens is 1. The molecule has 5 heteroatoms. The van der Waals surface area contributed by atoms with Crippen molar-refractivity contribution in [3.8, 4) is 0 Å². The van der Waals surface area contributed by atoms with Crippen LogP contribution in [0.2, 0.25) is 0 Å². The molecule has 1 heterocycles. The number of hydrogen-bond donors (Lipinski definition) is 2. The minimum atomic E-state index is -0.675. The number of hydroxylamine groups is 1. The maximum Gasteiger partial charge on any atom is 0.274 e. The van der Waals surface area contributed by atoms with Gasteiger partial charge in [0.15, 0.2) is 0 Å². The molecule has 132 valence electrons. The lowest BCUT2D eigenvalue weighted by molar-refractivity contribution is 0.0705. The molecule has 0 unspecified atom stereocenters. The van der Waals surface area contributed by atoms with E-state index in [0.717, 1.165) is 25.1 Å². The molecule has 0 saturated carbocycles. The molecule has 1 aliphatic heterocycles. The third-order valence-corrected chi connectivity index (χ3v) is 3.35. The van der Waals surface area contributed by atoms with Crippen LogP contribution < -0.4 is 5.48 Å². The largest absolute Gasteiger partial charge is 0.298 e. The van der Waals surface area contributed by atoms with Gasteiger partial charge in [0.05, 0.1) is 0 Å². The molecule has 0 spiro atoms. The molecule has 0 aliphatic carbocycles. The molecule has 1 aliphatic rings. The summed E-state index contributed by atoms with van der Waals surface area (Å²) in [4.78, 5) is 13.5. The van der Waals surface area contributed by atoms with Crippen LogP contribution in [-0.4, -0.2) is 29.1 Å². The molecule has 0 atom stereocenters. The second kappa shape index (κ2) is 11.1. The van der Waals surface area contributed by atoms with Gasteiger partial charge in [0.25, 0.3) is 5.91 Å².